The molecule has 0 saturated heterocycles. The van der Waals surface area contributed by atoms with Crippen LogP contribution in [0.25, 0.3) is 10.9 Å². The van der Waals surface area contributed by atoms with Crippen LogP contribution in [0.3, 0.4) is 0 Å². The van der Waals surface area contributed by atoms with E-state index in [1.54, 1.807) is 4.73 Å². The lowest BCUT2D eigenvalue weighted by Gasteiger charge is -2.15. The molecule has 0 spiro atoms. The van der Waals surface area contributed by atoms with E-state index in [0.29, 0.717) is 6.79 Å². The molecule has 0 unspecified atom stereocenters. The second-order valence-electron chi connectivity index (χ2n) is 5.78. The highest BCUT2D eigenvalue weighted by Crippen LogP contribution is 2.23. The van der Waals surface area contributed by atoms with E-state index in [9.17, 15) is 0 Å². The van der Waals surface area contributed by atoms with Crippen LogP contribution in [0.4, 0.5) is 0 Å². The second kappa shape index (κ2) is 6.11. The fraction of sp³-hybridized carbons (Fsp3) is 0.429. The quantitative estimate of drug-likeness (QED) is 0.447. The number of hydrogen-bond donors (Lipinski definition) is 0. The summed E-state index contributed by atoms with van der Waals surface area (Å²) >= 11 is 3.53. The average Bonchev–Trinajstić information content (AvgIpc) is 2.72. The van der Waals surface area contributed by atoms with Crippen molar-refractivity contribution >= 4 is 34.9 Å². The summed E-state index contributed by atoms with van der Waals surface area (Å²) in [5.74, 6) is 0. The van der Waals surface area contributed by atoms with Gasteiger partial charge in [-0.05, 0) is 24.2 Å². The van der Waals surface area contributed by atoms with E-state index < -0.39 is 8.07 Å². The molecule has 19 heavy (non-hydrogen) atoms. The summed E-state index contributed by atoms with van der Waals surface area (Å²) in [5.41, 5.74) is 1.04. The van der Waals surface area contributed by atoms with Crippen LogP contribution in [0, 0.1) is 0 Å². The number of aromatic nitrogens is 1. The topological polar surface area (TPSA) is 23.4 Å². The molecule has 1 aromatic carbocycles. The lowest BCUT2D eigenvalue weighted by molar-refractivity contribution is -0.0515. The van der Waals surface area contributed by atoms with Crippen LogP contribution in [0.15, 0.2) is 34.9 Å². The molecule has 104 valence electrons. The third-order valence-corrected chi connectivity index (χ3v) is 5.31. The van der Waals surface area contributed by atoms with Gasteiger partial charge in [-0.2, -0.15) is 4.73 Å². The molecule has 0 aliphatic rings. The third kappa shape index (κ3) is 4.09. The molecule has 3 nitrogen and oxygen atoms in total. The Kier molecular flexibility index (Phi) is 4.70. The highest BCUT2D eigenvalue weighted by atomic mass is 79.9. The van der Waals surface area contributed by atoms with E-state index in [1.165, 1.54) is 0 Å². The van der Waals surface area contributed by atoms with Crippen LogP contribution in [-0.4, -0.2) is 26.2 Å². The predicted molar refractivity (Wildman–Crippen MR) is 85.2 cm³/mol. The first-order valence-corrected chi connectivity index (χ1v) is 10.9. The Bertz CT molecular complexity index is 548. The first-order valence-electron chi connectivity index (χ1n) is 6.44. The van der Waals surface area contributed by atoms with Crippen LogP contribution < -0.4 is 4.84 Å². The highest BCUT2D eigenvalue weighted by molar-refractivity contribution is 9.10. The van der Waals surface area contributed by atoms with Gasteiger partial charge in [0.05, 0.1) is 5.52 Å². The highest BCUT2D eigenvalue weighted by Gasteiger charge is 2.12. The largest absolute Gasteiger partial charge is 0.385 e. The van der Waals surface area contributed by atoms with Crippen molar-refractivity contribution < 1.29 is 9.57 Å². The van der Waals surface area contributed by atoms with Gasteiger partial charge in [0.25, 0.3) is 0 Å². The zero-order valence-electron chi connectivity index (χ0n) is 11.6. The number of fused-ring (bicyclic) bond motifs is 1. The number of nitrogens with zero attached hydrogens (tertiary/aromatic N) is 1. The van der Waals surface area contributed by atoms with Gasteiger partial charge in [0.2, 0.25) is 6.79 Å². The van der Waals surface area contributed by atoms with Crippen molar-refractivity contribution in [1.29, 1.82) is 0 Å². The molecule has 0 amide bonds. The molecule has 0 bridgehead atoms. The monoisotopic (exact) mass is 341 g/mol. The van der Waals surface area contributed by atoms with Crippen molar-refractivity contribution in [2.45, 2.75) is 25.7 Å². The molecule has 0 aliphatic carbocycles. The molecular formula is C14H20BrNO2Si. The predicted octanol–water partition coefficient (Wildman–Crippen LogP) is 4.14. The Hall–Kier alpha value is -0.783. The fourth-order valence-electron chi connectivity index (χ4n) is 1.75. The van der Waals surface area contributed by atoms with Crippen LogP contribution in [-0.2, 0) is 4.74 Å². The molecule has 0 aliphatic heterocycles. The van der Waals surface area contributed by atoms with Gasteiger partial charge in [-0.3, -0.25) is 0 Å². The first-order chi connectivity index (χ1) is 8.97. The zero-order chi connectivity index (χ0) is 13.9. The van der Waals surface area contributed by atoms with Gasteiger partial charge in [-0.1, -0.05) is 41.6 Å². The standard InChI is InChI=1S/C14H20BrNO2Si/c1-19(2,3)10-9-17-11-18-16-8-7-12-13(15)5-4-6-14(12)16/h4-8H,9-11H2,1-3H3. The molecule has 1 heterocycles. The summed E-state index contributed by atoms with van der Waals surface area (Å²) in [7, 11) is -1.02. The van der Waals surface area contributed by atoms with Gasteiger partial charge in [0, 0.05) is 30.7 Å². The number of ether oxygens (including phenoxy) is 1. The van der Waals surface area contributed by atoms with Crippen molar-refractivity contribution in [3.05, 3.63) is 34.9 Å². The molecule has 2 aromatic rings. The molecular weight excluding hydrogens is 322 g/mol. The maximum Gasteiger partial charge on any atom is 0.214 e. The SMILES string of the molecule is C[Si](C)(C)CCOCOn1ccc2c(Br)cccc21. The summed E-state index contributed by atoms with van der Waals surface area (Å²) in [6.45, 7) is 8.09. The van der Waals surface area contributed by atoms with Crippen LogP contribution in [0.2, 0.25) is 25.7 Å². The van der Waals surface area contributed by atoms with Gasteiger partial charge < -0.3 is 9.57 Å². The zero-order valence-corrected chi connectivity index (χ0v) is 14.2. The summed E-state index contributed by atoms with van der Waals surface area (Å²) in [6, 6.07) is 9.24. The molecule has 0 radical (unpaired) electrons. The van der Waals surface area contributed by atoms with Crippen molar-refractivity contribution in [3.8, 4) is 0 Å². The van der Waals surface area contributed by atoms with E-state index in [-0.39, 0.29) is 0 Å². The molecule has 2 rings (SSSR count). The van der Waals surface area contributed by atoms with Crippen LogP contribution >= 0.6 is 15.9 Å². The fourth-order valence-corrected chi connectivity index (χ4v) is 2.99. The molecule has 0 N–H and O–H groups in total. The number of benzene rings is 1. The van der Waals surface area contributed by atoms with Gasteiger partial charge >= 0.3 is 0 Å². The van der Waals surface area contributed by atoms with Crippen molar-refractivity contribution in [2.75, 3.05) is 13.4 Å². The number of hydrogen-bond acceptors (Lipinski definition) is 2. The van der Waals surface area contributed by atoms with Crippen LogP contribution in [0.1, 0.15) is 0 Å². The molecule has 1 aromatic heterocycles. The normalized spacial score (nSPS) is 12.0. The third-order valence-electron chi connectivity index (χ3n) is 2.92. The van der Waals surface area contributed by atoms with Crippen molar-refractivity contribution in [2.24, 2.45) is 0 Å². The summed E-state index contributed by atoms with van der Waals surface area (Å²) in [4.78, 5) is 5.62. The summed E-state index contributed by atoms with van der Waals surface area (Å²) in [5, 5.41) is 1.14. The maximum atomic E-state index is 5.62. The number of halogens is 1. The summed E-state index contributed by atoms with van der Waals surface area (Å²) < 4.78 is 8.38. The maximum absolute atomic E-state index is 5.62. The Balaban J connectivity index is 1.87. The lowest BCUT2D eigenvalue weighted by atomic mass is 10.3. The van der Waals surface area contributed by atoms with E-state index in [4.69, 9.17) is 9.57 Å². The van der Waals surface area contributed by atoms with Gasteiger partial charge in [0.15, 0.2) is 0 Å². The Morgan fingerprint density at radius 2 is 2.00 bits per heavy atom. The van der Waals surface area contributed by atoms with Crippen molar-refractivity contribution in [1.82, 2.24) is 4.73 Å². The average molecular weight is 342 g/mol. The van der Waals surface area contributed by atoms with Gasteiger partial charge in [0.1, 0.15) is 0 Å². The minimum atomic E-state index is -1.02. The van der Waals surface area contributed by atoms with E-state index >= 15 is 0 Å². The molecule has 0 fully saturated rings. The minimum Gasteiger partial charge on any atom is -0.385 e. The molecule has 0 saturated carbocycles. The van der Waals surface area contributed by atoms with E-state index in [0.717, 1.165) is 28.0 Å². The first kappa shape index (κ1) is 14.6. The van der Waals surface area contributed by atoms with Gasteiger partial charge in [-0.15, -0.1) is 0 Å². The van der Waals surface area contributed by atoms with Crippen LogP contribution in [0.5, 0.6) is 0 Å². The Labute approximate surface area is 123 Å². The molecule has 0 atom stereocenters. The Morgan fingerprint density at radius 3 is 2.74 bits per heavy atom. The lowest BCUT2D eigenvalue weighted by Crippen LogP contribution is -2.23. The molecule has 5 heteroatoms. The minimum absolute atomic E-state index is 0.292. The smallest absolute Gasteiger partial charge is 0.214 e. The van der Waals surface area contributed by atoms with E-state index in [1.807, 2.05) is 30.5 Å². The second-order valence-corrected chi connectivity index (χ2v) is 12.3. The number of rotatable bonds is 6. The summed E-state index contributed by atoms with van der Waals surface area (Å²) in [6.07, 6.45) is 1.91. The van der Waals surface area contributed by atoms with Gasteiger partial charge in [-0.25, -0.2) is 0 Å². The van der Waals surface area contributed by atoms with E-state index in [2.05, 4.69) is 35.6 Å². The Morgan fingerprint density at radius 1 is 1.21 bits per heavy atom. The van der Waals surface area contributed by atoms with Crippen molar-refractivity contribution in [3.63, 3.8) is 0 Å².